The van der Waals surface area contributed by atoms with Gasteiger partial charge in [-0.05, 0) is 24.6 Å². The summed E-state index contributed by atoms with van der Waals surface area (Å²) in [5.74, 6) is -1.04. The van der Waals surface area contributed by atoms with E-state index in [1.165, 1.54) is 6.07 Å². The number of nitrogens with zero attached hydrogens (tertiary/aromatic N) is 1. The zero-order chi connectivity index (χ0) is 14.0. The highest BCUT2D eigenvalue weighted by Crippen LogP contribution is 2.34. The molecule has 6 heteroatoms. The maximum atomic E-state index is 12.3. The number of nitrogen functional groups attached to an aromatic ring is 1. The Morgan fingerprint density at radius 2 is 2.32 bits per heavy atom. The molecule has 1 aliphatic heterocycles. The molecule has 0 spiro atoms. The van der Waals surface area contributed by atoms with Crippen LogP contribution in [0.2, 0.25) is 0 Å². The maximum Gasteiger partial charge on any atom is 0.271 e. The van der Waals surface area contributed by atoms with Crippen LogP contribution in [0.3, 0.4) is 0 Å². The first-order valence-electron chi connectivity index (χ1n) is 6.08. The Balaban J connectivity index is 2.42. The highest BCUT2D eigenvalue weighted by molar-refractivity contribution is 6.18. The second kappa shape index (κ2) is 5.27. The molecule has 19 heavy (non-hydrogen) atoms. The van der Waals surface area contributed by atoms with Crippen LogP contribution in [-0.2, 0) is 9.59 Å². The molecule has 1 aromatic carbocycles. The Morgan fingerprint density at radius 3 is 2.95 bits per heavy atom. The van der Waals surface area contributed by atoms with Crippen LogP contribution in [0.1, 0.15) is 13.3 Å². The first-order valence-corrected chi connectivity index (χ1v) is 6.08. The Hall–Kier alpha value is -2.08. The van der Waals surface area contributed by atoms with Crippen molar-refractivity contribution in [3.05, 3.63) is 18.2 Å². The van der Waals surface area contributed by atoms with Crippen LogP contribution in [0.15, 0.2) is 18.2 Å². The summed E-state index contributed by atoms with van der Waals surface area (Å²) in [6.07, 6.45) is 0.456. The minimum atomic E-state index is -0.601. The number of amides is 2. The summed E-state index contributed by atoms with van der Waals surface area (Å²) in [4.78, 5) is 25.3. The summed E-state index contributed by atoms with van der Waals surface area (Å²) in [6.45, 7) is 1.30. The molecule has 1 aliphatic rings. The molecule has 102 valence electrons. The number of hydrogen-bond donors (Lipinski definition) is 2. The summed E-state index contributed by atoms with van der Waals surface area (Å²) < 4.78 is 5.26. The molecule has 1 heterocycles. The van der Waals surface area contributed by atoms with E-state index < -0.39 is 17.7 Å². The topological polar surface area (TPSA) is 92.9 Å². The van der Waals surface area contributed by atoms with Gasteiger partial charge in [0.2, 0.25) is 5.91 Å². The molecule has 0 saturated heterocycles. The van der Waals surface area contributed by atoms with Crippen LogP contribution < -0.4 is 15.4 Å². The van der Waals surface area contributed by atoms with Crippen molar-refractivity contribution in [2.24, 2.45) is 5.92 Å². The van der Waals surface area contributed by atoms with Crippen molar-refractivity contribution in [2.75, 3.05) is 23.8 Å². The van der Waals surface area contributed by atoms with E-state index in [-0.39, 0.29) is 13.2 Å². The quantitative estimate of drug-likeness (QED) is 0.777. The van der Waals surface area contributed by atoms with Gasteiger partial charge in [0.25, 0.3) is 5.91 Å². The third kappa shape index (κ3) is 2.39. The molecule has 0 fully saturated rings. The number of anilines is 2. The number of aliphatic hydroxyl groups excluding tert-OH is 1. The van der Waals surface area contributed by atoms with E-state index in [9.17, 15) is 14.7 Å². The largest absolute Gasteiger partial charge is 0.482 e. The number of aliphatic hydroxyl groups is 1. The predicted octanol–water partition coefficient (Wildman–Crippen LogP) is 0.539. The van der Waals surface area contributed by atoms with Gasteiger partial charge in [-0.25, -0.2) is 4.90 Å². The zero-order valence-electron chi connectivity index (χ0n) is 10.6. The molecule has 0 aromatic heterocycles. The number of benzene rings is 1. The summed E-state index contributed by atoms with van der Waals surface area (Å²) in [5.41, 5.74) is 6.45. The third-order valence-electron chi connectivity index (χ3n) is 3.11. The van der Waals surface area contributed by atoms with Gasteiger partial charge in [-0.1, -0.05) is 6.92 Å². The summed E-state index contributed by atoms with van der Waals surface area (Å²) in [7, 11) is 0. The molecule has 0 radical (unpaired) electrons. The fourth-order valence-electron chi connectivity index (χ4n) is 1.98. The Bertz CT molecular complexity index is 511. The fourth-order valence-corrected chi connectivity index (χ4v) is 1.98. The van der Waals surface area contributed by atoms with Crippen molar-refractivity contribution in [1.82, 2.24) is 0 Å². The van der Waals surface area contributed by atoms with E-state index in [0.717, 1.165) is 4.90 Å². The molecule has 2 amide bonds. The van der Waals surface area contributed by atoms with E-state index >= 15 is 0 Å². The van der Waals surface area contributed by atoms with Gasteiger partial charge in [-0.15, -0.1) is 0 Å². The molecule has 0 bridgehead atoms. The summed E-state index contributed by atoms with van der Waals surface area (Å²) in [6, 6.07) is 4.78. The normalized spacial score (nSPS) is 15.7. The van der Waals surface area contributed by atoms with Gasteiger partial charge in [-0.3, -0.25) is 9.59 Å². The van der Waals surface area contributed by atoms with E-state index in [1.54, 1.807) is 19.1 Å². The molecule has 2 rings (SSSR count). The van der Waals surface area contributed by atoms with Crippen LogP contribution >= 0.6 is 0 Å². The maximum absolute atomic E-state index is 12.3. The molecule has 1 unspecified atom stereocenters. The van der Waals surface area contributed by atoms with Gasteiger partial charge in [0.15, 0.2) is 6.61 Å². The number of rotatable bonds is 3. The first kappa shape index (κ1) is 13.4. The van der Waals surface area contributed by atoms with Crippen LogP contribution in [0.4, 0.5) is 11.4 Å². The lowest BCUT2D eigenvalue weighted by Crippen LogP contribution is -2.46. The Morgan fingerprint density at radius 1 is 1.58 bits per heavy atom. The Kier molecular flexibility index (Phi) is 3.71. The van der Waals surface area contributed by atoms with Crippen molar-refractivity contribution in [2.45, 2.75) is 13.3 Å². The number of nitrogens with two attached hydrogens (primary N) is 1. The lowest BCUT2D eigenvalue weighted by atomic mass is 10.0. The van der Waals surface area contributed by atoms with Crippen LogP contribution in [0.25, 0.3) is 0 Å². The van der Waals surface area contributed by atoms with Gasteiger partial charge in [-0.2, -0.15) is 0 Å². The summed E-state index contributed by atoms with van der Waals surface area (Å²) >= 11 is 0. The van der Waals surface area contributed by atoms with Crippen molar-refractivity contribution in [3.63, 3.8) is 0 Å². The van der Waals surface area contributed by atoms with E-state index in [2.05, 4.69) is 0 Å². The van der Waals surface area contributed by atoms with E-state index in [1.807, 2.05) is 0 Å². The molecule has 1 aromatic rings. The second-order valence-corrected chi connectivity index (χ2v) is 4.37. The average molecular weight is 264 g/mol. The molecule has 0 saturated carbocycles. The van der Waals surface area contributed by atoms with Crippen molar-refractivity contribution >= 4 is 23.2 Å². The van der Waals surface area contributed by atoms with Gasteiger partial charge < -0.3 is 15.6 Å². The first-order chi connectivity index (χ1) is 9.08. The van der Waals surface area contributed by atoms with E-state index in [4.69, 9.17) is 10.5 Å². The van der Waals surface area contributed by atoms with Crippen molar-refractivity contribution in [3.8, 4) is 5.75 Å². The lowest BCUT2D eigenvalue weighted by Gasteiger charge is -2.30. The van der Waals surface area contributed by atoms with Gasteiger partial charge in [0.1, 0.15) is 5.75 Å². The molecule has 0 aliphatic carbocycles. The number of imide groups is 1. The molecular formula is C13H16N2O4. The predicted molar refractivity (Wildman–Crippen MR) is 69.7 cm³/mol. The van der Waals surface area contributed by atoms with Crippen LogP contribution in [0.5, 0.6) is 5.75 Å². The fraction of sp³-hybridized carbons (Fsp3) is 0.385. The third-order valence-corrected chi connectivity index (χ3v) is 3.11. The SMILES string of the molecule is CCC(CO)C(=O)N1C(=O)COc2ccc(N)cc21. The van der Waals surface area contributed by atoms with Crippen molar-refractivity contribution < 1.29 is 19.4 Å². The monoisotopic (exact) mass is 264 g/mol. The van der Waals surface area contributed by atoms with Gasteiger partial charge in [0, 0.05) is 5.69 Å². The minimum absolute atomic E-state index is 0.190. The highest BCUT2D eigenvalue weighted by atomic mass is 16.5. The number of carbonyl (C=O) groups excluding carboxylic acids is 2. The Labute approximate surface area is 110 Å². The smallest absolute Gasteiger partial charge is 0.271 e. The molecule has 1 atom stereocenters. The average Bonchev–Trinajstić information content (AvgIpc) is 2.39. The van der Waals surface area contributed by atoms with Gasteiger partial charge >= 0.3 is 0 Å². The summed E-state index contributed by atoms with van der Waals surface area (Å²) in [5, 5.41) is 9.20. The second-order valence-electron chi connectivity index (χ2n) is 4.37. The molecular weight excluding hydrogens is 248 g/mol. The van der Waals surface area contributed by atoms with Gasteiger partial charge in [0.05, 0.1) is 18.2 Å². The minimum Gasteiger partial charge on any atom is -0.482 e. The standard InChI is InChI=1S/C13H16N2O4/c1-2-8(6-16)13(18)15-10-5-9(14)3-4-11(10)19-7-12(15)17/h3-5,8,16H,2,6-7,14H2,1H3. The number of ether oxygens (including phenoxy) is 1. The number of fused-ring (bicyclic) bond motifs is 1. The molecule has 3 N–H and O–H groups in total. The lowest BCUT2D eigenvalue weighted by molar-refractivity contribution is -0.131. The highest BCUT2D eigenvalue weighted by Gasteiger charge is 2.34. The molecule has 6 nitrogen and oxygen atoms in total. The van der Waals surface area contributed by atoms with Crippen molar-refractivity contribution in [1.29, 1.82) is 0 Å². The van der Waals surface area contributed by atoms with Crippen LogP contribution in [0, 0.1) is 5.92 Å². The number of carbonyl (C=O) groups is 2. The van der Waals surface area contributed by atoms with Crippen LogP contribution in [-0.4, -0.2) is 30.1 Å². The number of hydrogen-bond acceptors (Lipinski definition) is 5. The van der Waals surface area contributed by atoms with E-state index in [0.29, 0.717) is 23.5 Å². The zero-order valence-corrected chi connectivity index (χ0v) is 10.6.